The molecule has 0 aromatic heterocycles. The Morgan fingerprint density at radius 2 is 1.84 bits per heavy atom. The van der Waals surface area contributed by atoms with Crippen LogP contribution in [0.2, 0.25) is 0 Å². The molecule has 5 heteroatoms. The molecule has 0 saturated carbocycles. The van der Waals surface area contributed by atoms with Gasteiger partial charge in [-0.3, -0.25) is 4.79 Å². The minimum atomic E-state index is -0.100. The number of amidine groups is 1. The first kappa shape index (κ1) is 21.4. The number of allylic oxidation sites excluding steroid dienone is 1. The summed E-state index contributed by atoms with van der Waals surface area (Å²) < 4.78 is 0. The third kappa shape index (κ3) is 4.19. The first-order valence-electron chi connectivity index (χ1n) is 10.7. The van der Waals surface area contributed by atoms with Crippen molar-refractivity contribution in [2.75, 3.05) is 11.4 Å². The molecular formula is C26H29N3OS. The Morgan fingerprint density at radius 1 is 1.13 bits per heavy atom. The lowest BCUT2D eigenvalue weighted by atomic mass is 9.87. The highest BCUT2D eigenvalue weighted by Gasteiger charge is 2.31. The quantitative estimate of drug-likeness (QED) is 0.587. The van der Waals surface area contributed by atoms with Gasteiger partial charge in [-0.05, 0) is 100 Å². The number of fused-ring (bicyclic) bond motifs is 1. The lowest BCUT2D eigenvalue weighted by Gasteiger charge is -2.43. The summed E-state index contributed by atoms with van der Waals surface area (Å²) >= 11 is 1.39. The third-order valence-corrected chi connectivity index (χ3v) is 6.79. The summed E-state index contributed by atoms with van der Waals surface area (Å²) in [7, 11) is 0. The highest BCUT2D eigenvalue weighted by Crippen LogP contribution is 2.41. The molecule has 2 aromatic rings. The van der Waals surface area contributed by atoms with Crippen molar-refractivity contribution in [3.63, 3.8) is 0 Å². The highest BCUT2D eigenvalue weighted by molar-refractivity contribution is 8.18. The van der Waals surface area contributed by atoms with Crippen LogP contribution in [-0.4, -0.2) is 23.2 Å². The predicted molar refractivity (Wildman–Crippen MR) is 134 cm³/mol. The van der Waals surface area contributed by atoms with Crippen LogP contribution in [0.5, 0.6) is 0 Å². The van der Waals surface area contributed by atoms with Gasteiger partial charge in [0.25, 0.3) is 5.91 Å². The van der Waals surface area contributed by atoms with Crippen LogP contribution in [0.3, 0.4) is 0 Å². The summed E-state index contributed by atoms with van der Waals surface area (Å²) in [5, 5.41) is 3.51. The lowest BCUT2D eigenvalue weighted by molar-refractivity contribution is -0.115. The Labute approximate surface area is 189 Å². The van der Waals surface area contributed by atoms with Crippen LogP contribution in [0.25, 0.3) is 11.6 Å². The van der Waals surface area contributed by atoms with E-state index >= 15 is 0 Å². The Morgan fingerprint density at radius 3 is 2.52 bits per heavy atom. The van der Waals surface area contributed by atoms with Crippen LogP contribution in [-0.2, 0) is 4.79 Å². The van der Waals surface area contributed by atoms with Crippen molar-refractivity contribution < 1.29 is 4.79 Å². The number of carbonyl (C=O) groups is 1. The van der Waals surface area contributed by atoms with Crippen molar-refractivity contribution in [2.24, 2.45) is 4.99 Å². The van der Waals surface area contributed by atoms with Gasteiger partial charge < -0.3 is 10.2 Å². The summed E-state index contributed by atoms with van der Waals surface area (Å²) in [6, 6.07) is 12.4. The molecule has 2 aromatic carbocycles. The van der Waals surface area contributed by atoms with E-state index in [1.54, 1.807) is 0 Å². The molecule has 0 radical (unpaired) electrons. The number of aryl methyl sites for hydroxylation is 2. The number of rotatable bonds is 3. The molecule has 2 aliphatic heterocycles. The summed E-state index contributed by atoms with van der Waals surface area (Å²) in [5.74, 6) is -0.100. The number of thioether (sulfide) groups is 1. The normalized spacial score (nSPS) is 20.1. The smallest absolute Gasteiger partial charge is 0.264 e. The third-order valence-electron chi connectivity index (χ3n) is 5.88. The average Bonchev–Trinajstić information content (AvgIpc) is 3.03. The second kappa shape index (κ2) is 8.04. The minimum absolute atomic E-state index is 0.0131. The van der Waals surface area contributed by atoms with E-state index in [2.05, 4.69) is 68.0 Å². The molecule has 31 heavy (non-hydrogen) atoms. The molecule has 2 heterocycles. The van der Waals surface area contributed by atoms with Crippen LogP contribution in [0, 0.1) is 13.8 Å². The zero-order chi connectivity index (χ0) is 22.3. The van der Waals surface area contributed by atoms with E-state index in [-0.39, 0.29) is 11.4 Å². The Balaban J connectivity index is 1.67. The average molecular weight is 432 g/mol. The Bertz CT molecular complexity index is 1140. The molecule has 1 fully saturated rings. The van der Waals surface area contributed by atoms with Gasteiger partial charge in [-0.1, -0.05) is 23.8 Å². The van der Waals surface area contributed by atoms with Gasteiger partial charge in [-0.25, -0.2) is 4.99 Å². The number of nitrogens with zero attached hydrogens (tertiary/aromatic N) is 2. The zero-order valence-corrected chi connectivity index (χ0v) is 19.9. The summed E-state index contributed by atoms with van der Waals surface area (Å²) in [6.07, 6.45) is 4.31. The second-order valence-electron chi connectivity index (χ2n) is 8.77. The van der Waals surface area contributed by atoms with Gasteiger partial charge in [0.2, 0.25) is 0 Å². The number of nitrogens with one attached hydrogen (secondary N) is 1. The van der Waals surface area contributed by atoms with Crippen molar-refractivity contribution in [2.45, 2.75) is 47.1 Å². The first-order chi connectivity index (χ1) is 14.7. The molecule has 4 rings (SSSR count). The molecule has 1 N–H and O–H groups in total. The molecule has 0 unspecified atom stereocenters. The molecule has 0 spiro atoms. The summed E-state index contributed by atoms with van der Waals surface area (Å²) in [5.41, 5.74) is 8.00. The van der Waals surface area contributed by atoms with Crippen LogP contribution < -0.4 is 10.2 Å². The summed E-state index contributed by atoms with van der Waals surface area (Å²) in [4.78, 5) is 20.3. The predicted octanol–water partition coefficient (Wildman–Crippen LogP) is 6.22. The largest absolute Gasteiger partial charge is 0.363 e. The van der Waals surface area contributed by atoms with E-state index in [0.29, 0.717) is 10.1 Å². The summed E-state index contributed by atoms with van der Waals surface area (Å²) in [6.45, 7) is 14.0. The van der Waals surface area contributed by atoms with E-state index in [1.807, 2.05) is 37.3 Å². The molecule has 0 bridgehead atoms. The Kier molecular flexibility index (Phi) is 5.56. The number of aliphatic imine (C=N–C) groups is 1. The van der Waals surface area contributed by atoms with Gasteiger partial charge in [-0.2, -0.15) is 0 Å². The number of hydrogen-bond acceptors (Lipinski definition) is 4. The monoisotopic (exact) mass is 431 g/mol. The maximum Gasteiger partial charge on any atom is 0.264 e. The van der Waals surface area contributed by atoms with E-state index in [1.165, 1.54) is 34.1 Å². The number of carbonyl (C=O) groups excluding carboxylic acids is 1. The number of hydrogen-bond donors (Lipinski definition) is 1. The Hall–Kier alpha value is -2.79. The fourth-order valence-electron chi connectivity index (χ4n) is 4.34. The van der Waals surface area contributed by atoms with Gasteiger partial charge in [0, 0.05) is 17.8 Å². The van der Waals surface area contributed by atoms with Crippen molar-refractivity contribution in [1.82, 2.24) is 5.32 Å². The maximum atomic E-state index is 12.6. The van der Waals surface area contributed by atoms with Gasteiger partial charge in [-0.15, -0.1) is 0 Å². The first-order valence-corrected chi connectivity index (χ1v) is 11.5. The zero-order valence-electron chi connectivity index (χ0n) is 19.0. The number of amides is 1. The van der Waals surface area contributed by atoms with E-state index in [0.717, 1.165) is 23.4 Å². The van der Waals surface area contributed by atoms with Crippen molar-refractivity contribution in [3.05, 3.63) is 69.6 Å². The van der Waals surface area contributed by atoms with Crippen LogP contribution in [0.4, 0.5) is 11.4 Å². The molecule has 0 atom stereocenters. The van der Waals surface area contributed by atoms with Crippen LogP contribution in [0.15, 0.2) is 52.4 Å². The second-order valence-corrected chi connectivity index (χ2v) is 9.80. The number of benzene rings is 2. The fraction of sp³-hybridized carbons (Fsp3) is 0.308. The molecule has 1 saturated heterocycles. The van der Waals surface area contributed by atoms with E-state index < -0.39 is 0 Å². The van der Waals surface area contributed by atoms with Crippen molar-refractivity contribution in [3.8, 4) is 0 Å². The van der Waals surface area contributed by atoms with Gasteiger partial charge >= 0.3 is 0 Å². The molecule has 2 aliphatic rings. The molecule has 4 nitrogen and oxygen atoms in total. The molecule has 1 amide bonds. The van der Waals surface area contributed by atoms with E-state index in [9.17, 15) is 4.79 Å². The van der Waals surface area contributed by atoms with Crippen molar-refractivity contribution >= 4 is 45.9 Å². The number of likely N-dealkylation sites (N-methyl/N-ethyl adjacent to an activating group) is 1. The molecular weight excluding hydrogens is 402 g/mol. The SMILES string of the molecule is CCN1c2cc(C)c(/C=C3\SC(=Nc4ccc(C)cc4)NC3=O)cc2C(C)=CC1(C)C. The topological polar surface area (TPSA) is 44.7 Å². The molecule has 160 valence electrons. The van der Waals surface area contributed by atoms with Gasteiger partial charge in [0.15, 0.2) is 5.17 Å². The van der Waals surface area contributed by atoms with Gasteiger partial charge in [0.05, 0.1) is 16.1 Å². The molecule has 0 aliphatic carbocycles. The standard InChI is InChI=1S/C26H29N3OS/c1-7-29-22-12-17(3)19(13-21(22)18(4)15-26(29,5)6)14-23-24(30)28-25(31-23)27-20-10-8-16(2)9-11-20/h8-15H,7H2,1-6H3,(H,27,28,30)/b23-14-. The minimum Gasteiger partial charge on any atom is -0.363 e. The van der Waals surface area contributed by atoms with Crippen LogP contribution >= 0.6 is 11.8 Å². The van der Waals surface area contributed by atoms with E-state index in [4.69, 9.17) is 0 Å². The fourth-order valence-corrected chi connectivity index (χ4v) is 5.17. The highest BCUT2D eigenvalue weighted by atomic mass is 32.2. The number of anilines is 1. The van der Waals surface area contributed by atoms with Crippen molar-refractivity contribution in [1.29, 1.82) is 0 Å². The van der Waals surface area contributed by atoms with Crippen LogP contribution in [0.1, 0.15) is 49.9 Å². The lowest BCUT2D eigenvalue weighted by Crippen LogP contribution is -2.44. The van der Waals surface area contributed by atoms with Gasteiger partial charge in [0.1, 0.15) is 0 Å². The maximum absolute atomic E-state index is 12.6.